The lowest BCUT2D eigenvalue weighted by molar-refractivity contribution is -0.121. The molecule has 0 aromatic rings. The number of carbonyl (C=O) groups is 1. The minimum absolute atomic E-state index is 0.113. The standard InChI is InChI=1S/C11H23N5O/c12-8-4-2-5-9-14-11(17)7-3-1-6-10-15-16-13/h1-10,12H2,(H,14,17). The Morgan fingerprint density at radius 2 is 1.94 bits per heavy atom. The number of nitrogens with one attached hydrogen (secondary N) is 1. The highest BCUT2D eigenvalue weighted by Gasteiger charge is 1.99. The van der Waals surface area contributed by atoms with E-state index in [-0.39, 0.29) is 5.91 Å². The maximum atomic E-state index is 11.3. The highest BCUT2D eigenvalue weighted by molar-refractivity contribution is 5.75. The first kappa shape index (κ1) is 15.7. The van der Waals surface area contributed by atoms with Crippen molar-refractivity contribution in [1.29, 1.82) is 0 Å². The molecule has 0 saturated carbocycles. The molecule has 6 heteroatoms. The first-order valence-electron chi connectivity index (χ1n) is 6.29. The SMILES string of the molecule is [N-]=[N+]=NCCCCCC(=O)NCCCCCN. The van der Waals surface area contributed by atoms with Crippen molar-refractivity contribution in [3.05, 3.63) is 10.4 Å². The Balaban J connectivity index is 3.20. The molecule has 0 unspecified atom stereocenters. The lowest BCUT2D eigenvalue weighted by Gasteiger charge is -2.04. The third-order valence-electron chi connectivity index (χ3n) is 2.43. The van der Waals surface area contributed by atoms with Crippen molar-refractivity contribution in [2.75, 3.05) is 19.6 Å². The fourth-order valence-electron chi connectivity index (χ4n) is 1.45. The average molecular weight is 241 g/mol. The second-order valence-electron chi connectivity index (χ2n) is 3.96. The first-order chi connectivity index (χ1) is 8.31. The summed E-state index contributed by atoms with van der Waals surface area (Å²) in [5, 5.41) is 6.32. The Morgan fingerprint density at radius 3 is 2.65 bits per heavy atom. The van der Waals surface area contributed by atoms with E-state index >= 15 is 0 Å². The van der Waals surface area contributed by atoms with Crippen LogP contribution in [0.1, 0.15) is 44.9 Å². The Hall–Kier alpha value is -1.26. The van der Waals surface area contributed by atoms with Crippen LogP contribution >= 0.6 is 0 Å². The molecule has 0 radical (unpaired) electrons. The number of nitrogens with zero attached hydrogens (tertiary/aromatic N) is 3. The van der Waals surface area contributed by atoms with E-state index in [1.807, 2.05) is 0 Å². The molecular formula is C11H23N5O. The molecule has 98 valence electrons. The van der Waals surface area contributed by atoms with Crippen LogP contribution in [0.25, 0.3) is 10.4 Å². The molecule has 0 spiro atoms. The molecule has 0 bridgehead atoms. The minimum atomic E-state index is 0.113. The summed E-state index contributed by atoms with van der Waals surface area (Å²) in [6, 6.07) is 0. The third kappa shape index (κ3) is 12.7. The Morgan fingerprint density at radius 1 is 1.18 bits per heavy atom. The van der Waals surface area contributed by atoms with Gasteiger partial charge in [-0.05, 0) is 37.8 Å². The summed E-state index contributed by atoms with van der Waals surface area (Å²) in [5.74, 6) is 0.113. The van der Waals surface area contributed by atoms with Crippen LogP contribution in [0, 0.1) is 0 Å². The molecule has 0 saturated heterocycles. The maximum absolute atomic E-state index is 11.3. The van der Waals surface area contributed by atoms with Gasteiger partial charge in [-0.2, -0.15) is 0 Å². The van der Waals surface area contributed by atoms with Crippen molar-refractivity contribution < 1.29 is 4.79 Å². The van der Waals surface area contributed by atoms with Gasteiger partial charge in [0.1, 0.15) is 0 Å². The number of carbonyl (C=O) groups excluding carboxylic acids is 1. The molecule has 0 aromatic heterocycles. The molecule has 0 aliphatic carbocycles. The number of unbranched alkanes of at least 4 members (excludes halogenated alkanes) is 4. The molecule has 0 heterocycles. The van der Waals surface area contributed by atoms with Crippen molar-refractivity contribution in [3.8, 4) is 0 Å². The predicted octanol–water partition coefficient (Wildman–Crippen LogP) is 2.10. The molecule has 3 N–H and O–H groups in total. The number of rotatable bonds is 11. The number of azide groups is 1. The monoisotopic (exact) mass is 241 g/mol. The molecule has 0 aromatic carbocycles. The second-order valence-corrected chi connectivity index (χ2v) is 3.96. The van der Waals surface area contributed by atoms with Crippen molar-refractivity contribution in [2.24, 2.45) is 10.8 Å². The van der Waals surface area contributed by atoms with Gasteiger partial charge in [0.15, 0.2) is 0 Å². The van der Waals surface area contributed by atoms with Gasteiger partial charge in [0.2, 0.25) is 5.91 Å². The van der Waals surface area contributed by atoms with Gasteiger partial charge >= 0.3 is 0 Å². The van der Waals surface area contributed by atoms with Crippen LogP contribution in [0.2, 0.25) is 0 Å². The fraction of sp³-hybridized carbons (Fsp3) is 0.909. The van der Waals surface area contributed by atoms with Crippen molar-refractivity contribution in [1.82, 2.24) is 5.32 Å². The van der Waals surface area contributed by atoms with E-state index in [1.165, 1.54) is 0 Å². The number of hydrogen-bond donors (Lipinski definition) is 2. The topological polar surface area (TPSA) is 104 Å². The predicted molar refractivity (Wildman–Crippen MR) is 68.4 cm³/mol. The summed E-state index contributed by atoms with van der Waals surface area (Å²) in [4.78, 5) is 14.0. The molecule has 1 amide bonds. The molecule has 6 nitrogen and oxygen atoms in total. The number of nitrogens with two attached hydrogens (primary N) is 1. The highest BCUT2D eigenvalue weighted by Crippen LogP contribution is 2.00. The normalized spacial score (nSPS) is 9.71. The number of amides is 1. The van der Waals surface area contributed by atoms with Crippen LogP contribution in [-0.4, -0.2) is 25.5 Å². The summed E-state index contributed by atoms with van der Waals surface area (Å²) in [7, 11) is 0. The van der Waals surface area contributed by atoms with Crippen LogP contribution < -0.4 is 11.1 Å². The van der Waals surface area contributed by atoms with Crippen molar-refractivity contribution in [3.63, 3.8) is 0 Å². The largest absolute Gasteiger partial charge is 0.356 e. The Bertz CT molecular complexity index is 238. The second kappa shape index (κ2) is 12.8. The van der Waals surface area contributed by atoms with Gasteiger partial charge in [-0.15, -0.1) is 0 Å². The highest BCUT2D eigenvalue weighted by atomic mass is 16.1. The summed E-state index contributed by atoms with van der Waals surface area (Å²) in [5.41, 5.74) is 13.4. The summed E-state index contributed by atoms with van der Waals surface area (Å²) >= 11 is 0. The zero-order valence-electron chi connectivity index (χ0n) is 10.4. The minimum Gasteiger partial charge on any atom is -0.356 e. The molecule has 0 atom stereocenters. The molecule has 0 rings (SSSR count). The maximum Gasteiger partial charge on any atom is 0.219 e. The lowest BCUT2D eigenvalue weighted by atomic mass is 10.2. The molecule has 0 aliphatic rings. The van der Waals surface area contributed by atoms with Gasteiger partial charge in [-0.25, -0.2) is 0 Å². The van der Waals surface area contributed by atoms with Crippen LogP contribution in [-0.2, 0) is 4.79 Å². The van der Waals surface area contributed by atoms with Crippen LogP contribution in [0.5, 0.6) is 0 Å². The van der Waals surface area contributed by atoms with Crippen molar-refractivity contribution >= 4 is 5.91 Å². The van der Waals surface area contributed by atoms with E-state index in [4.69, 9.17) is 11.3 Å². The quantitative estimate of drug-likeness (QED) is 0.250. The van der Waals surface area contributed by atoms with Gasteiger partial charge < -0.3 is 11.1 Å². The average Bonchev–Trinajstić information content (AvgIpc) is 2.33. The van der Waals surface area contributed by atoms with Gasteiger partial charge in [-0.1, -0.05) is 18.0 Å². The summed E-state index contributed by atoms with van der Waals surface area (Å²) in [6.07, 6.45) is 6.30. The van der Waals surface area contributed by atoms with Crippen LogP contribution in [0.4, 0.5) is 0 Å². The van der Waals surface area contributed by atoms with Gasteiger partial charge in [0.05, 0.1) is 0 Å². The van der Waals surface area contributed by atoms with Crippen LogP contribution in [0.3, 0.4) is 0 Å². The van der Waals surface area contributed by atoms with E-state index < -0.39 is 0 Å². The smallest absolute Gasteiger partial charge is 0.219 e. The zero-order valence-corrected chi connectivity index (χ0v) is 10.4. The van der Waals surface area contributed by atoms with E-state index in [9.17, 15) is 4.79 Å². The number of hydrogen-bond acceptors (Lipinski definition) is 3. The lowest BCUT2D eigenvalue weighted by Crippen LogP contribution is -2.24. The van der Waals surface area contributed by atoms with Crippen molar-refractivity contribution in [2.45, 2.75) is 44.9 Å². The molecule has 0 fully saturated rings. The molecular weight excluding hydrogens is 218 g/mol. The van der Waals surface area contributed by atoms with Gasteiger partial charge in [-0.3, -0.25) is 4.79 Å². The van der Waals surface area contributed by atoms with Gasteiger partial charge in [0.25, 0.3) is 0 Å². The van der Waals surface area contributed by atoms with Gasteiger partial charge in [0, 0.05) is 24.4 Å². The first-order valence-corrected chi connectivity index (χ1v) is 6.29. The summed E-state index contributed by atoms with van der Waals surface area (Å²) in [6.45, 7) is 1.99. The van der Waals surface area contributed by atoms with E-state index in [0.29, 0.717) is 13.0 Å². The Labute approximate surface area is 103 Å². The summed E-state index contributed by atoms with van der Waals surface area (Å²) < 4.78 is 0. The third-order valence-corrected chi connectivity index (χ3v) is 2.43. The van der Waals surface area contributed by atoms with Crippen LogP contribution in [0.15, 0.2) is 5.11 Å². The molecule has 0 aliphatic heterocycles. The van der Waals surface area contributed by atoms with E-state index in [1.54, 1.807) is 0 Å². The fourth-order valence-corrected chi connectivity index (χ4v) is 1.45. The van der Waals surface area contributed by atoms with E-state index in [2.05, 4.69) is 15.3 Å². The zero-order chi connectivity index (χ0) is 12.8. The molecule has 17 heavy (non-hydrogen) atoms. The Kier molecular flexibility index (Phi) is 11.9. The van der Waals surface area contributed by atoms with E-state index in [0.717, 1.165) is 51.6 Å².